The topological polar surface area (TPSA) is 71.1 Å². The smallest absolute Gasteiger partial charge is 0.266 e. The molecule has 0 atom stereocenters. The maximum atomic E-state index is 12.7. The summed E-state index contributed by atoms with van der Waals surface area (Å²) < 4.78 is 0. The SMILES string of the molecule is Cc1nc(-c2ccc(NC(=O)c3sc(NC(=O)C(C)(C)C)cc3C)cc2)cs1. The lowest BCUT2D eigenvalue weighted by molar-refractivity contribution is -0.123. The van der Waals surface area contributed by atoms with E-state index >= 15 is 0 Å². The van der Waals surface area contributed by atoms with E-state index in [2.05, 4.69) is 15.6 Å². The molecule has 2 heterocycles. The second kappa shape index (κ2) is 7.85. The molecule has 3 rings (SSSR count). The first-order valence-electron chi connectivity index (χ1n) is 8.89. The van der Waals surface area contributed by atoms with Gasteiger partial charge in [0.2, 0.25) is 5.91 Å². The fourth-order valence-corrected chi connectivity index (χ4v) is 4.06. The van der Waals surface area contributed by atoms with Crippen LogP contribution in [-0.4, -0.2) is 16.8 Å². The van der Waals surface area contributed by atoms with E-state index in [9.17, 15) is 9.59 Å². The number of hydrogen-bond acceptors (Lipinski definition) is 5. The van der Waals surface area contributed by atoms with Crippen LogP contribution < -0.4 is 10.6 Å². The van der Waals surface area contributed by atoms with Crippen molar-refractivity contribution >= 4 is 45.2 Å². The first-order valence-corrected chi connectivity index (χ1v) is 10.6. The van der Waals surface area contributed by atoms with Gasteiger partial charge < -0.3 is 10.6 Å². The number of hydrogen-bond donors (Lipinski definition) is 2. The van der Waals surface area contributed by atoms with Crippen molar-refractivity contribution in [3.05, 3.63) is 51.2 Å². The third kappa shape index (κ3) is 4.66. The van der Waals surface area contributed by atoms with Crippen LogP contribution in [0.2, 0.25) is 0 Å². The summed E-state index contributed by atoms with van der Waals surface area (Å²) in [4.78, 5) is 29.9. The Bertz CT molecular complexity index is 1010. The first-order chi connectivity index (χ1) is 13.1. The average Bonchev–Trinajstić information content (AvgIpc) is 3.20. The molecule has 0 saturated carbocycles. The number of nitrogens with one attached hydrogen (secondary N) is 2. The molecule has 146 valence electrons. The average molecular weight is 414 g/mol. The molecule has 1 aromatic carbocycles. The number of thiazole rings is 1. The van der Waals surface area contributed by atoms with Crippen LogP contribution in [0.25, 0.3) is 11.3 Å². The summed E-state index contributed by atoms with van der Waals surface area (Å²) in [6, 6.07) is 9.46. The second-order valence-corrected chi connectivity index (χ2v) is 9.72. The predicted octanol–water partition coefficient (Wildman–Crippen LogP) is 5.73. The Morgan fingerprint density at radius 3 is 2.29 bits per heavy atom. The molecular weight excluding hydrogens is 390 g/mol. The number of benzene rings is 1. The Balaban J connectivity index is 1.70. The predicted molar refractivity (Wildman–Crippen MR) is 117 cm³/mol. The van der Waals surface area contributed by atoms with Gasteiger partial charge in [0.25, 0.3) is 5.91 Å². The molecule has 0 radical (unpaired) electrons. The van der Waals surface area contributed by atoms with Crippen LogP contribution in [0.15, 0.2) is 35.7 Å². The fourth-order valence-electron chi connectivity index (χ4n) is 2.48. The Hall–Kier alpha value is -2.51. The van der Waals surface area contributed by atoms with Gasteiger partial charge in [-0.25, -0.2) is 4.98 Å². The van der Waals surface area contributed by atoms with Crippen molar-refractivity contribution in [1.29, 1.82) is 0 Å². The summed E-state index contributed by atoms with van der Waals surface area (Å²) in [6.45, 7) is 9.41. The molecular formula is C21H23N3O2S2. The van der Waals surface area contributed by atoms with E-state index in [1.165, 1.54) is 11.3 Å². The van der Waals surface area contributed by atoms with Crippen molar-refractivity contribution in [2.24, 2.45) is 5.41 Å². The summed E-state index contributed by atoms with van der Waals surface area (Å²) in [7, 11) is 0. The minimum atomic E-state index is -0.488. The summed E-state index contributed by atoms with van der Waals surface area (Å²) in [5, 5.41) is 9.52. The van der Waals surface area contributed by atoms with Crippen LogP contribution in [-0.2, 0) is 4.79 Å². The van der Waals surface area contributed by atoms with Gasteiger partial charge in [-0.2, -0.15) is 0 Å². The number of nitrogens with zero attached hydrogens (tertiary/aromatic N) is 1. The highest BCUT2D eigenvalue weighted by Gasteiger charge is 2.23. The number of amides is 2. The molecule has 2 N–H and O–H groups in total. The minimum Gasteiger partial charge on any atom is -0.321 e. The number of aryl methyl sites for hydroxylation is 2. The molecule has 0 saturated heterocycles. The van der Waals surface area contributed by atoms with Crippen LogP contribution in [0.5, 0.6) is 0 Å². The van der Waals surface area contributed by atoms with Crippen LogP contribution in [0.1, 0.15) is 41.0 Å². The van der Waals surface area contributed by atoms with Crippen molar-refractivity contribution in [3.8, 4) is 11.3 Å². The molecule has 0 aliphatic carbocycles. The lowest BCUT2D eigenvalue weighted by atomic mass is 9.96. The largest absolute Gasteiger partial charge is 0.321 e. The number of carbonyl (C=O) groups is 2. The zero-order valence-electron chi connectivity index (χ0n) is 16.5. The third-order valence-corrected chi connectivity index (χ3v) is 6.02. The zero-order valence-corrected chi connectivity index (χ0v) is 18.2. The number of aromatic nitrogens is 1. The summed E-state index contributed by atoms with van der Waals surface area (Å²) in [5.74, 6) is -0.260. The summed E-state index contributed by atoms with van der Waals surface area (Å²) in [5.41, 5.74) is 3.02. The molecule has 5 nitrogen and oxygen atoms in total. The van der Waals surface area contributed by atoms with Gasteiger partial charge in [-0.15, -0.1) is 22.7 Å². The van der Waals surface area contributed by atoms with Gasteiger partial charge >= 0.3 is 0 Å². The normalized spacial score (nSPS) is 11.3. The standard InChI is InChI=1S/C21H23N3O2S2/c1-12-10-17(24-20(26)21(3,4)5)28-18(12)19(25)23-15-8-6-14(7-9-15)16-11-27-13(2)22-16/h6-11H,1-5H3,(H,23,25)(H,24,26). The van der Waals surface area contributed by atoms with Gasteiger partial charge in [-0.05, 0) is 37.6 Å². The van der Waals surface area contributed by atoms with Crippen LogP contribution >= 0.6 is 22.7 Å². The molecule has 0 unspecified atom stereocenters. The summed E-state index contributed by atoms with van der Waals surface area (Å²) in [6.07, 6.45) is 0. The summed E-state index contributed by atoms with van der Waals surface area (Å²) >= 11 is 2.89. The number of thiophene rings is 1. The maximum absolute atomic E-state index is 12.7. The Morgan fingerprint density at radius 2 is 1.71 bits per heavy atom. The highest BCUT2D eigenvalue weighted by atomic mass is 32.1. The minimum absolute atomic E-state index is 0.0754. The second-order valence-electron chi connectivity index (χ2n) is 7.61. The third-order valence-electron chi connectivity index (χ3n) is 4.10. The maximum Gasteiger partial charge on any atom is 0.266 e. The van der Waals surface area contributed by atoms with E-state index in [-0.39, 0.29) is 11.8 Å². The number of rotatable bonds is 4. The van der Waals surface area contributed by atoms with Gasteiger partial charge in [-0.1, -0.05) is 32.9 Å². The van der Waals surface area contributed by atoms with Gasteiger partial charge in [-0.3, -0.25) is 9.59 Å². The van der Waals surface area contributed by atoms with Crippen LogP contribution in [0.4, 0.5) is 10.7 Å². The number of anilines is 2. The molecule has 3 aromatic rings. The van der Waals surface area contributed by atoms with Gasteiger partial charge in [0, 0.05) is 22.0 Å². The van der Waals surface area contributed by atoms with Gasteiger partial charge in [0.05, 0.1) is 20.6 Å². The van der Waals surface area contributed by atoms with E-state index in [0.29, 0.717) is 15.6 Å². The molecule has 2 amide bonds. The van der Waals surface area contributed by atoms with E-state index in [4.69, 9.17) is 0 Å². The molecule has 0 aliphatic rings. The Kier molecular flexibility index (Phi) is 5.67. The van der Waals surface area contributed by atoms with Crippen molar-refractivity contribution < 1.29 is 9.59 Å². The lowest BCUT2D eigenvalue weighted by Crippen LogP contribution is -2.27. The monoisotopic (exact) mass is 413 g/mol. The van der Waals surface area contributed by atoms with E-state index < -0.39 is 5.41 Å². The lowest BCUT2D eigenvalue weighted by Gasteiger charge is -2.16. The molecule has 28 heavy (non-hydrogen) atoms. The highest BCUT2D eigenvalue weighted by molar-refractivity contribution is 7.18. The van der Waals surface area contributed by atoms with Crippen LogP contribution in [0, 0.1) is 19.3 Å². The Labute approximate surface area is 172 Å². The van der Waals surface area contributed by atoms with Gasteiger partial charge in [0.1, 0.15) is 0 Å². The molecule has 0 bridgehead atoms. The zero-order chi connectivity index (χ0) is 20.5. The quantitative estimate of drug-likeness (QED) is 0.574. The van der Waals surface area contributed by atoms with E-state index in [0.717, 1.165) is 21.8 Å². The first kappa shape index (κ1) is 20.2. The number of carbonyl (C=O) groups excluding carboxylic acids is 2. The van der Waals surface area contributed by atoms with E-state index in [1.54, 1.807) is 11.3 Å². The molecule has 7 heteroatoms. The molecule has 2 aromatic heterocycles. The molecule has 0 aliphatic heterocycles. The van der Waals surface area contributed by atoms with Crippen molar-refractivity contribution in [2.45, 2.75) is 34.6 Å². The van der Waals surface area contributed by atoms with Crippen molar-refractivity contribution in [3.63, 3.8) is 0 Å². The van der Waals surface area contributed by atoms with Crippen LogP contribution in [0.3, 0.4) is 0 Å². The van der Waals surface area contributed by atoms with Crippen molar-refractivity contribution in [1.82, 2.24) is 4.98 Å². The Morgan fingerprint density at radius 1 is 1.04 bits per heavy atom. The highest BCUT2D eigenvalue weighted by Crippen LogP contribution is 2.29. The van der Waals surface area contributed by atoms with E-state index in [1.807, 2.05) is 70.3 Å². The fraction of sp³-hybridized carbons (Fsp3) is 0.286. The molecule has 0 spiro atoms. The van der Waals surface area contributed by atoms with Crippen molar-refractivity contribution in [2.75, 3.05) is 10.6 Å². The molecule has 0 fully saturated rings. The van der Waals surface area contributed by atoms with Gasteiger partial charge in [0.15, 0.2) is 0 Å².